The van der Waals surface area contributed by atoms with Gasteiger partial charge < -0.3 is 18.9 Å². The number of rotatable bonds is 7. The van der Waals surface area contributed by atoms with Gasteiger partial charge in [-0.05, 0) is 107 Å². The fourth-order valence-corrected chi connectivity index (χ4v) is 11.9. The molecule has 43 heavy (non-hydrogen) atoms. The molecule has 0 amide bonds. The Morgan fingerprint density at radius 2 is 1.40 bits per heavy atom. The highest BCUT2D eigenvalue weighted by molar-refractivity contribution is 5.67. The molecule has 0 aromatic carbocycles. The lowest BCUT2D eigenvalue weighted by Gasteiger charge is -2.70. The van der Waals surface area contributed by atoms with Crippen molar-refractivity contribution in [1.29, 1.82) is 0 Å². The van der Waals surface area contributed by atoms with Crippen molar-refractivity contribution in [3.8, 4) is 0 Å². The van der Waals surface area contributed by atoms with Gasteiger partial charge in [0.05, 0.1) is 11.7 Å². The maximum atomic E-state index is 12.7. The summed E-state index contributed by atoms with van der Waals surface area (Å²) >= 11 is 0. The predicted octanol–water partition coefficient (Wildman–Crippen LogP) is 7.42. The van der Waals surface area contributed by atoms with Crippen LogP contribution in [0.3, 0.4) is 0 Å². The summed E-state index contributed by atoms with van der Waals surface area (Å²) in [7, 11) is 0. The normalized spacial score (nSPS) is 45.4. The Hall–Kier alpha value is -1.63. The molecule has 5 rings (SSSR count). The Labute approximate surface area is 259 Å². The van der Waals surface area contributed by atoms with Crippen LogP contribution >= 0.6 is 0 Å². The minimum atomic E-state index is -0.664. The van der Waals surface area contributed by atoms with E-state index >= 15 is 0 Å². The first-order valence-electron chi connectivity index (χ1n) is 16.9. The van der Waals surface area contributed by atoms with Crippen LogP contribution in [0.5, 0.6) is 0 Å². The molecule has 244 valence electrons. The topological polar surface area (TPSA) is 91.4 Å². The van der Waals surface area contributed by atoms with E-state index in [-0.39, 0.29) is 75.3 Å². The van der Waals surface area contributed by atoms with E-state index in [0.717, 1.165) is 57.8 Å². The number of carbonyl (C=O) groups excluding carboxylic acids is 3. The van der Waals surface area contributed by atoms with Crippen LogP contribution in [0.25, 0.3) is 0 Å². The van der Waals surface area contributed by atoms with Crippen LogP contribution in [0.1, 0.15) is 134 Å². The number of hydrogen-bond acceptors (Lipinski definition) is 7. The minimum absolute atomic E-state index is 0.0334. The van der Waals surface area contributed by atoms with Crippen LogP contribution in [-0.4, -0.2) is 47.4 Å². The third kappa shape index (κ3) is 5.16. The van der Waals surface area contributed by atoms with Crippen LogP contribution in [-0.2, 0) is 33.3 Å². The Morgan fingerprint density at radius 3 is 1.95 bits per heavy atom. The van der Waals surface area contributed by atoms with Gasteiger partial charge in [0, 0.05) is 38.0 Å². The highest BCUT2D eigenvalue weighted by atomic mass is 16.6. The molecule has 0 aromatic heterocycles. The Balaban J connectivity index is 1.52. The van der Waals surface area contributed by atoms with Gasteiger partial charge in [0.25, 0.3) is 0 Å². The van der Waals surface area contributed by atoms with Crippen molar-refractivity contribution >= 4 is 17.9 Å². The fraction of sp³-hybridized carbons (Fsp3) is 0.917. The molecule has 0 aromatic rings. The Kier molecular flexibility index (Phi) is 7.96. The summed E-state index contributed by atoms with van der Waals surface area (Å²) in [5.74, 6) is 0.264. The van der Waals surface area contributed by atoms with E-state index in [1.165, 1.54) is 20.8 Å². The largest absolute Gasteiger partial charge is 0.462 e. The van der Waals surface area contributed by atoms with Crippen molar-refractivity contribution in [2.24, 2.45) is 45.3 Å². The molecule has 1 heterocycles. The van der Waals surface area contributed by atoms with Gasteiger partial charge in [0.15, 0.2) is 0 Å². The van der Waals surface area contributed by atoms with E-state index in [9.17, 15) is 14.4 Å². The number of esters is 3. The van der Waals surface area contributed by atoms with Crippen molar-refractivity contribution in [3.63, 3.8) is 0 Å². The highest BCUT2D eigenvalue weighted by Crippen LogP contribution is 2.76. The van der Waals surface area contributed by atoms with Crippen molar-refractivity contribution in [2.45, 2.75) is 163 Å². The molecule has 5 fully saturated rings. The minimum Gasteiger partial charge on any atom is -0.462 e. The summed E-state index contributed by atoms with van der Waals surface area (Å²) in [4.78, 5) is 37.3. The second-order valence-corrected chi connectivity index (χ2v) is 17.2. The van der Waals surface area contributed by atoms with Crippen LogP contribution in [0.15, 0.2) is 0 Å². The maximum Gasteiger partial charge on any atom is 0.303 e. The second kappa shape index (κ2) is 10.5. The SMILES string of the molecule is CC(=O)OC1CC2[C@@]3(C)CC[C@H](OC(C)=O)C(C)(C)C3CC[C@@]2(C)[C@]2(C)CCC([C@](C)(CCC3OC3(C)C)OC(C)=O)[C@@H]12. The van der Waals surface area contributed by atoms with E-state index in [4.69, 9.17) is 18.9 Å². The van der Waals surface area contributed by atoms with E-state index in [2.05, 4.69) is 55.4 Å². The number of fused-ring (bicyclic) bond motifs is 5. The highest BCUT2D eigenvalue weighted by Gasteiger charge is 2.72. The van der Waals surface area contributed by atoms with Crippen LogP contribution in [0.2, 0.25) is 0 Å². The summed E-state index contributed by atoms with van der Waals surface area (Å²) in [5, 5.41) is 0. The molecule has 5 unspecified atom stereocenters. The van der Waals surface area contributed by atoms with Crippen LogP contribution < -0.4 is 0 Å². The number of ether oxygens (including phenoxy) is 4. The standard InChI is InChI=1S/C36H58O7/c1-21(37)40-25-20-27-33(8)16-14-28(41-22(2)38)31(4,5)26(33)13-18-34(27,9)35(10)17-12-24(30(25)35)36(11,42-23(3)39)19-15-29-32(6,7)43-29/h24-30H,12-20H2,1-11H3/t24?,25?,26?,27?,28-,29?,30-,33-,34+,35+,36-/m0/s1. The molecule has 0 N–H and O–H groups in total. The average molecular weight is 603 g/mol. The molecule has 4 aliphatic carbocycles. The van der Waals surface area contributed by atoms with Gasteiger partial charge in [0.1, 0.15) is 17.8 Å². The van der Waals surface area contributed by atoms with Crippen LogP contribution in [0.4, 0.5) is 0 Å². The van der Waals surface area contributed by atoms with Gasteiger partial charge in [-0.2, -0.15) is 0 Å². The average Bonchev–Trinajstić information content (AvgIpc) is 3.29. The smallest absolute Gasteiger partial charge is 0.303 e. The molecule has 11 atom stereocenters. The molecular formula is C36H58O7. The van der Waals surface area contributed by atoms with Gasteiger partial charge in [-0.15, -0.1) is 0 Å². The maximum absolute atomic E-state index is 12.7. The van der Waals surface area contributed by atoms with Gasteiger partial charge in [0.2, 0.25) is 0 Å². The lowest BCUT2D eigenvalue weighted by atomic mass is 9.35. The number of carbonyl (C=O) groups is 3. The van der Waals surface area contributed by atoms with Gasteiger partial charge in [-0.25, -0.2) is 0 Å². The molecule has 0 bridgehead atoms. The summed E-state index contributed by atoms with van der Waals surface area (Å²) < 4.78 is 24.5. The molecule has 5 aliphatic rings. The summed E-state index contributed by atoms with van der Waals surface area (Å²) in [5.41, 5.74) is -0.933. The predicted molar refractivity (Wildman–Crippen MR) is 164 cm³/mol. The second-order valence-electron chi connectivity index (χ2n) is 17.2. The van der Waals surface area contributed by atoms with Gasteiger partial charge >= 0.3 is 17.9 Å². The van der Waals surface area contributed by atoms with Gasteiger partial charge in [-0.3, -0.25) is 14.4 Å². The fourth-order valence-electron chi connectivity index (χ4n) is 11.9. The summed E-state index contributed by atoms with van der Waals surface area (Å²) in [6.07, 6.45) is 8.27. The van der Waals surface area contributed by atoms with Crippen molar-refractivity contribution in [3.05, 3.63) is 0 Å². The molecule has 0 spiro atoms. The zero-order valence-electron chi connectivity index (χ0n) is 28.8. The first-order valence-corrected chi connectivity index (χ1v) is 16.9. The zero-order valence-corrected chi connectivity index (χ0v) is 28.8. The van der Waals surface area contributed by atoms with Crippen molar-refractivity contribution in [2.75, 3.05) is 0 Å². The quantitative estimate of drug-likeness (QED) is 0.170. The lowest BCUT2D eigenvalue weighted by molar-refractivity contribution is -0.253. The molecule has 0 radical (unpaired) electrons. The molecule has 4 saturated carbocycles. The summed E-state index contributed by atoms with van der Waals surface area (Å²) in [6.45, 7) is 23.0. The third-order valence-electron chi connectivity index (χ3n) is 14.2. The lowest BCUT2D eigenvalue weighted by Crippen LogP contribution is -2.67. The number of hydrogen-bond donors (Lipinski definition) is 0. The third-order valence-corrected chi connectivity index (χ3v) is 14.2. The zero-order chi connectivity index (χ0) is 32.0. The Morgan fingerprint density at radius 1 is 0.791 bits per heavy atom. The first-order chi connectivity index (χ1) is 19.7. The van der Waals surface area contributed by atoms with E-state index in [1.54, 1.807) is 0 Å². The Bertz CT molecular complexity index is 1140. The first kappa shape index (κ1) is 32.8. The van der Waals surface area contributed by atoms with Crippen molar-refractivity contribution in [1.82, 2.24) is 0 Å². The molecule has 7 nitrogen and oxygen atoms in total. The van der Waals surface area contributed by atoms with Gasteiger partial charge in [-0.1, -0.05) is 34.6 Å². The van der Waals surface area contributed by atoms with E-state index in [0.29, 0.717) is 11.8 Å². The number of epoxide rings is 1. The monoisotopic (exact) mass is 602 g/mol. The molecular weight excluding hydrogens is 544 g/mol. The molecule has 7 heteroatoms. The summed E-state index contributed by atoms with van der Waals surface area (Å²) in [6, 6.07) is 0. The molecule has 1 saturated heterocycles. The molecule has 1 aliphatic heterocycles. The van der Waals surface area contributed by atoms with E-state index in [1.807, 2.05) is 0 Å². The van der Waals surface area contributed by atoms with E-state index < -0.39 is 5.60 Å². The van der Waals surface area contributed by atoms with Crippen LogP contribution in [0, 0.1) is 45.3 Å². The van der Waals surface area contributed by atoms with Crippen molar-refractivity contribution < 1.29 is 33.3 Å².